The van der Waals surface area contributed by atoms with E-state index < -0.39 is 11.7 Å². The number of nitrogens with two attached hydrogens (primary N) is 1. The van der Waals surface area contributed by atoms with E-state index >= 15 is 0 Å². The highest BCUT2D eigenvalue weighted by Gasteiger charge is 2.22. The fraction of sp³-hybridized carbons (Fsp3) is 0.278. The van der Waals surface area contributed by atoms with Gasteiger partial charge in [0, 0.05) is 18.3 Å². The summed E-state index contributed by atoms with van der Waals surface area (Å²) in [6, 6.07) is 14.3. The van der Waals surface area contributed by atoms with Crippen molar-refractivity contribution in [2.24, 2.45) is 5.73 Å². The second kappa shape index (κ2) is 6.69. The minimum atomic E-state index is -0.776. The lowest BCUT2D eigenvalue weighted by atomic mass is 10.1. The molecule has 1 heterocycles. The lowest BCUT2D eigenvalue weighted by Crippen LogP contribution is -2.41. The number of amides is 1. The SMILES string of the molecule is NC(=O)c1ccc(OC2CCCN(c3ccccc3)C2)cc1F. The summed E-state index contributed by atoms with van der Waals surface area (Å²) in [5.74, 6) is -1.000. The Morgan fingerprint density at radius 3 is 2.70 bits per heavy atom. The smallest absolute Gasteiger partial charge is 0.251 e. The summed E-state index contributed by atoms with van der Waals surface area (Å²) in [6.45, 7) is 1.74. The Hall–Kier alpha value is -2.56. The number of ether oxygens (including phenoxy) is 1. The molecule has 0 aromatic heterocycles. The minimum Gasteiger partial charge on any atom is -0.488 e. The number of anilines is 1. The summed E-state index contributed by atoms with van der Waals surface area (Å²) in [5.41, 5.74) is 6.15. The van der Waals surface area contributed by atoms with Crippen molar-refractivity contribution in [2.45, 2.75) is 18.9 Å². The molecule has 0 radical (unpaired) electrons. The Labute approximate surface area is 134 Å². The van der Waals surface area contributed by atoms with Crippen LogP contribution < -0.4 is 15.4 Å². The third-order valence-corrected chi connectivity index (χ3v) is 4.01. The van der Waals surface area contributed by atoms with E-state index in [1.807, 2.05) is 18.2 Å². The maximum atomic E-state index is 13.8. The van der Waals surface area contributed by atoms with Crippen LogP contribution in [-0.4, -0.2) is 25.1 Å². The number of primary amides is 1. The van der Waals surface area contributed by atoms with Gasteiger partial charge in [-0.05, 0) is 37.1 Å². The number of nitrogens with zero attached hydrogens (tertiary/aromatic N) is 1. The summed E-state index contributed by atoms with van der Waals surface area (Å²) in [5, 5.41) is 0. The zero-order valence-electron chi connectivity index (χ0n) is 12.7. The minimum absolute atomic E-state index is 0.0113. The van der Waals surface area contributed by atoms with Gasteiger partial charge < -0.3 is 15.4 Å². The van der Waals surface area contributed by atoms with E-state index in [1.165, 1.54) is 12.1 Å². The van der Waals surface area contributed by atoms with Crippen molar-refractivity contribution in [2.75, 3.05) is 18.0 Å². The summed E-state index contributed by atoms with van der Waals surface area (Å²) in [6.07, 6.45) is 1.92. The summed E-state index contributed by atoms with van der Waals surface area (Å²) in [7, 11) is 0. The van der Waals surface area contributed by atoms with Gasteiger partial charge >= 0.3 is 0 Å². The fourth-order valence-corrected chi connectivity index (χ4v) is 2.87. The lowest BCUT2D eigenvalue weighted by Gasteiger charge is -2.34. The van der Waals surface area contributed by atoms with Crippen LogP contribution in [0, 0.1) is 5.82 Å². The first kappa shape index (κ1) is 15.3. The van der Waals surface area contributed by atoms with E-state index in [0.29, 0.717) is 5.75 Å². The maximum absolute atomic E-state index is 13.8. The number of hydrogen-bond donors (Lipinski definition) is 1. The number of para-hydroxylation sites is 1. The van der Waals surface area contributed by atoms with Crippen molar-refractivity contribution in [1.82, 2.24) is 0 Å². The van der Waals surface area contributed by atoms with Crippen LogP contribution in [0.3, 0.4) is 0 Å². The van der Waals surface area contributed by atoms with Gasteiger partial charge in [-0.1, -0.05) is 18.2 Å². The van der Waals surface area contributed by atoms with E-state index in [9.17, 15) is 9.18 Å². The highest BCUT2D eigenvalue weighted by Crippen LogP contribution is 2.24. The van der Waals surface area contributed by atoms with Gasteiger partial charge in [-0.15, -0.1) is 0 Å². The molecule has 2 aromatic rings. The first-order valence-corrected chi connectivity index (χ1v) is 7.69. The number of halogens is 1. The maximum Gasteiger partial charge on any atom is 0.251 e. The zero-order valence-corrected chi connectivity index (χ0v) is 12.7. The average Bonchev–Trinajstić information content (AvgIpc) is 2.56. The van der Waals surface area contributed by atoms with Crippen molar-refractivity contribution in [1.29, 1.82) is 0 Å². The van der Waals surface area contributed by atoms with Crippen molar-refractivity contribution < 1.29 is 13.9 Å². The van der Waals surface area contributed by atoms with Gasteiger partial charge in [0.1, 0.15) is 17.7 Å². The molecule has 0 saturated carbocycles. The quantitative estimate of drug-likeness (QED) is 0.944. The van der Waals surface area contributed by atoms with Gasteiger partial charge in [-0.3, -0.25) is 4.79 Å². The molecule has 1 aliphatic rings. The molecule has 1 aliphatic heterocycles. The number of carbonyl (C=O) groups excluding carboxylic acids is 1. The molecule has 2 aromatic carbocycles. The molecule has 5 heteroatoms. The molecule has 4 nitrogen and oxygen atoms in total. The molecule has 1 fully saturated rings. The normalized spacial score (nSPS) is 17.8. The van der Waals surface area contributed by atoms with E-state index in [0.717, 1.165) is 31.6 Å². The Morgan fingerprint density at radius 1 is 1.22 bits per heavy atom. The van der Waals surface area contributed by atoms with Gasteiger partial charge in [-0.25, -0.2) is 4.39 Å². The molecule has 3 rings (SSSR count). The largest absolute Gasteiger partial charge is 0.488 e. The summed E-state index contributed by atoms with van der Waals surface area (Å²) >= 11 is 0. The number of piperidine rings is 1. The highest BCUT2D eigenvalue weighted by molar-refractivity contribution is 5.93. The standard InChI is InChI=1S/C18H19FN2O2/c19-17-11-14(8-9-16(17)18(20)22)23-15-7-4-10-21(12-15)13-5-2-1-3-6-13/h1-3,5-6,8-9,11,15H,4,7,10,12H2,(H2,20,22). The van der Waals surface area contributed by atoms with Crippen LogP contribution in [-0.2, 0) is 0 Å². The molecule has 1 unspecified atom stereocenters. The molecule has 1 saturated heterocycles. The fourth-order valence-electron chi connectivity index (χ4n) is 2.87. The Kier molecular flexibility index (Phi) is 4.46. The van der Waals surface area contributed by atoms with Crippen molar-refractivity contribution in [3.8, 4) is 5.75 Å². The number of carbonyl (C=O) groups is 1. The van der Waals surface area contributed by atoms with Crippen LogP contribution in [0.4, 0.5) is 10.1 Å². The number of benzene rings is 2. The van der Waals surface area contributed by atoms with E-state index in [1.54, 1.807) is 6.07 Å². The van der Waals surface area contributed by atoms with E-state index in [4.69, 9.17) is 10.5 Å². The van der Waals surface area contributed by atoms with Crippen LogP contribution >= 0.6 is 0 Å². The predicted octanol–water partition coefficient (Wildman–Crippen LogP) is 2.97. The molecule has 1 amide bonds. The lowest BCUT2D eigenvalue weighted by molar-refractivity contribution is 0.0996. The zero-order chi connectivity index (χ0) is 16.2. The Morgan fingerprint density at radius 2 is 2.00 bits per heavy atom. The third-order valence-electron chi connectivity index (χ3n) is 4.01. The molecular weight excluding hydrogens is 295 g/mol. The Balaban J connectivity index is 1.68. The Bertz CT molecular complexity index is 691. The van der Waals surface area contributed by atoms with E-state index in [2.05, 4.69) is 17.0 Å². The van der Waals surface area contributed by atoms with E-state index in [-0.39, 0.29) is 11.7 Å². The van der Waals surface area contributed by atoms with Crippen LogP contribution in [0.1, 0.15) is 23.2 Å². The molecule has 0 spiro atoms. The molecule has 0 aliphatic carbocycles. The highest BCUT2D eigenvalue weighted by atomic mass is 19.1. The van der Waals surface area contributed by atoms with Gasteiger partial charge in [0.05, 0.1) is 12.1 Å². The van der Waals surface area contributed by atoms with Crippen LogP contribution in [0.5, 0.6) is 5.75 Å². The average molecular weight is 314 g/mol. The van der Waals surface area contributed by atoms with Crippen LogP contribution in [0.25, 0.3) is 0 Å². The second-order valence-corrected chi connectivity index (χ2v) is 5.67. The van der Waals surface area contributed by atoms with Crippen LogP contribution in [0.2, 0.25) is 0 Å². The first-order valence-electron chi connectivity index (χ1n) is 7.69. The van der Waals surface area contributed by atoms with Gasteiger partial charge in [0.25, 0.3) is 5.91 Å². The van der Waals surface area contributed by atoms with Crippen molar-refractivity contribution in [3.63, 3.8) is 0 Å². The van der Waals surface area contributed by atoms with Gasteiger partial charge in [-0.2, -0.15) is 0 Å². The van der Waals surface area contributed by atoms with Gasteiger partial charge in [0.15, 0.2) is 0 Å². The molecule has 0 bridgehead atoms. The number of hydrogen-bond acceptors (Lipinski definition) is 3. The molecule has 120 valence electrons. The summed E-state index contributed by atoms with van der Waals surface area (Å²) in [4.78, 5) is 13.3. The first-order chi connectivity index (χ1) is 11.1. The predicted molar refractivity (Wildman–Crippen MR) is 87.2 cm³/mol. The molecular formula is C18H19FN2O2. The number of rotatable bonds is 4. The molecule has 23 heavy (non-hydrogen) atoms. The van der Waals surface area contributed by atoms with Gasteiger partial charge in [0.2, 0.25) is 0 Å². The van der Waals surface area contributed by atoms with Crippen LogP contribution in [0.15, 0.2) is 48.5 Å². The topological polar surface area (TPSA) is 55.6 Å². The molecule has 2 N–H and O–H groups in total. The van der Waals surface area contributed by atoms with Crippen molar-refractivity contribution in [3.05, 3.63) is 59.9 Å². The monoisotopic (exact) mass is 314 g/mol. The third kappa shape index (κ3) is 3.62. The summed E-state index contributed by atoms with van der Waals surface area (Å²) < 4.78 is 19.7. The van der Waals surface area contributed by atoms with Crippen molar-refractivity contribution >= 4 is 11.6 Å². The molecule has 1 atom stereocenters. The second-order valence-electron chi connectivity index (χ2n) is 5.67.